The Morgan fingerprint density at radius 2 is 2.16 bits per heavy atom. The van der Waals surface area contributed by atoms with Crippen molar-refractivity contribution in [3.8, 4) is 0 Å². The standard InChI is InChI=1S/C14H16N2O3/c17-11-6-7-16(9-11)14(18)13-8-12(15-19-13)10-4-2-1-3-5-10/h1-5,11,13,17H,6-9H2. The Kier molecular flexibility index (Phi) is 3.21. The first-order valence-corrected chi connectivity index (χ1v) is 6.49. The second kappa shape index (κ2) is 5.01. The lowest BCUT2D eigenvalue weighted by molar-refractivity contribution is -0.141. The SMILES string of the molecule is O=C(C1CC(c2ccccc2)=NO1)N1CCC(O)C1. The van der Waals surface area contributed by atoms with Crippen molar-refractivity contribution in [2.24, 2.45) is 5.16 Å². The molecule has 5 heteroatoms. The summed E-state index contributed by atoms with van der Waals surface area (Å²) in [7, 11) is 0. The lowest BCUT2D eigenvalue weighted by Gasteiger charge is -2.18. The average molecular weight is 260 g/mol. The van der Waals surface area contributed by atoms with E-state index in [2.05, 4.69) is 5.16 Å². The van der Waals surface area contributed by atoms with Gasteiger partial charge >= 0.3 is 0 Å². The largest absolute Gasteiger partial charge is 0.391 e. The maximum Gasteiger partial charge on any atom is 0.266 e. The van der Waals surface area contributed by atoms with Crippen molar-refractivity contribution in [2.45, 2.75) is 25.0 Å². The van der Waals surface area contributed by atoms with Crippen molar-refractivity contribution in [1.82, 2.24) is 4.90 Å². The summed E-state index contributed by atoms with van der Waals surface area (Å²) in [6, 6.07) is 9.71. The van der Waals surface area contributed by atoms with E-state index in [1.165, 1.54) is 0 Å². The highest BCUT2D eigenvalue weighted by Gasteiger charge is 2.35. The van der Waals surface area contributed by atoms with Crippen LogP contribution in [-0.4, -0.2) is 46.9 Å². The van der Waals surface area contributed by atoms with Gasteiger partial charge in [-0.25, -0.2) is 0 Å². The fraction of sp³-hybridized carbons (Fsp3) is 0.429. The third-order valence-electron chi connectivity index (χ3n) is 3.53. The van der Waals surface area contributed by atoms with Gasteiger partial charge in [0.15, 0.2) is 0 Å². The molecule has 1 aromatic rings. The molecule has 2 aliphatic heterocycles. The second-order valence-electron chi connectivity index (χ2n) is 4.93. The number of rotatable bonds is 2. The smallest absolute Gasteiger partial charge is 0.266 e. The number of aliphatic hydroxyl groups excluding tert-OH is 1. The van der Waals surface area contributed by atoms with Gasteiger partial charge < -0.3 is 14.8 Å². The number of amides is 1. The van der Waals surface area contributed by atoms with Crippen molar-refractivity contribution in [3.05, 3.63) is 35.9 Å². The van der Waals surface area contributed by atoms with E-state index in [4.69, 9.17) is 4.84 Å². The van der Waals surface area contributed by atoms with E-state index < -0.39 is 12.2 Å². The molecule has 1 N–H and O–H groups in total. The minimum Gasteiger partial charge on any atom is -0.391 e. The van der Waals surface area contributed by atoms with Crippen LogP contribution in [0.3, 0.4) is 0 Å². The van der Waals surface area contributed by atoms with Gasteiger partial charge in [0.05, 0.1) is 11.8 Å². The number of oxime groups is 1. The van der Waals surface area contributed by atoms with Crippen LogP contribution >= 0.6 is 0 Å². The summed E-state index contributed by atoms with van der Waals surface area (Å²) in [6.07, 6.45) is 0.195. The van der Waals surface area contributed by atoms with E-state index in [1.54, 1.807) is 4.90 Å². The summed E-state index contributed by atoms with van der Waals surface area (Å²) in [4.78, 5) is 19.1. The summed E-state index contributed by atoms with van der Waals surface area (Å²) in [6.45, 7) is 1.000. The molecule has 1 amide bonds. The summed E-state index contributed by atoms with van der Waals surface area (Å²) in [5.74, 6) is -0.0776. The van der Waals surface area contributed by atoms with Gasteiger partial charge in [0, 0.05) is 19.5 Å². The molecule has 0 aliphatic carbocycles. The van der Waals surface area contributed by atoms with E-state index in [9.17, 15) is 9.90 Å². The third kappa shape index (κ3) is 2.46. The molecule has 0 radical (unpaired) electrons. The molecule has 1 aromatic carbocycles. The van der Waals surface area contributed by atoms with Gasteiger partial charge in [-0.05, 0) is 12.0 Å². The molecule has 1 fully saturated rings. The molecule has 0 aromatic heterocycles. The Bertz CT molecular complexity index is 501. The van der Waals surface area contributed by atoms with Crippen LogP contribution in [0.4, 0.5) is 0 Å². The lowest BCUT2D eigenvalue weighted by atomic mass is 10.0. The van der Waals surface area contributed by atoms with Crippen LogP contribution in [0.15, 0.2) is 35.5 Å². The number of nitrogens with zero attached hydrogens (tertiary/aromatic N) is 2. The van der Waals surface area contributed by atoms with Crippen molar-refractivity contribution in [3.63, 3.8) is 0 Å². The Labute approximate surface area is 111 Å². The highest BCUT2D eigenvalue weighted by molar-refractivity contribution is 6.04. The van der Waals surface area contributed by atoms with Gasteiger partial charge in [0.25, 0.3) is 5.91 Å². The van der Waals surface area contributed by atoms with E-state index in [-0.39, 0.29) is 5.91 Å². The van der Waals surface area contributed by atoms with Gasteiger partial charge in [-0.15, -0.1) is 0 Å². The monoisotopic (exact) mass is 260 g/mol. The Morgan fingerprint density at radius 3 is 2.84 bits per heavy atom. The maximum atomic E-state index is 12.2. The fourth-order valence-electron chi connectivity index (χ4n) is 2.46. The summed E-state index contributed by atoms with van der Waals surface area (Å²) in [5, 5.41) is 13.5. The first kappa shape index (κ1) is 12.2. The van der Waals surface area contributed by atoms with Crippen LogP contribution < -0.4 is 0 Å². The van der Waals surface area contributed by atoms with Crippen LogP contribution in [0.1, 0.15) is 18.4 Å². The zero-order valence-electron chi connectivity index (χ0n) is 10.5. The molecule has 19 heavy (non-hydrogen) atoms. The Balaban J connectivity index is 1.63. The zero-order valence-corrected chi connectivity index (χ0v) is 10.5. The first-order valence-electron chi connectivity index (χ1n) is 6.49. The van der Waals surface area contributed by atoms with Crippen LogP contribution in [0, 0.1) is 0 Å². The first-order chi connectivity index (χ1) is 9.24. The van der Waals surface area contributed by atoms with Crippen LogP contribution in [0.25, 0.3) is 0 Å². The number of benzene rings is 1. The molecule has 2 aliphatic rings. The van der Waals surface area contributed by atoms with Gasteiger partial charge in [-0.3, -0.25) is 4.79 Å². The number of carbonyl (C=O) groups is 1. The highest BCUT2D eigenvalue weighted by Crippen LogP contribution is 2.20. The molecule has 2 heterocycles. The molecule has 5 nitrogen and oxygen atoms in total. The summed E-state index contributed by atoms with van der Waals surface area (Å²) >= 11 is 0. The Hall–Kier alpha value is -1.88. The summed E-state index contributed by atoms with van der Waals surface area (Å²) in [5.41, 5.74) is 1.79. The number of carbonyl (C=O) groups excluding carboxylic acids is 1. The molecular formula is C14H16N2O3. The molecule has 2 atom stereocenters. The van der Waals surface area contributed by atoms with Gasteiger partial charge in [-0.1, -0.05) is 35.5 Å². The number of hydrogen-bond acceptors (Lipinski definition) is 4. The molecular weight excluding hydrogens is 244 g/mol. The molecule has 0 bridgehead atoms. The predicted molar refractivity (Wildman–Crippen MR) is 69.7 cm³/mol. The van der Waals surface area contributed by atoms with Gasteiger partial charge in [0.1, 0.15) is 0 Å². The third-order valence-corrected chi connectivity index (χ3v) is 3.53. The van der Waals surface area contributed by atoms with Crippen molar-refractivity contribution in [2.75, 3.05) is 13.1 Å². The van der Waals surface area contributed by atoms with Crippen LogP contribution in [0.5, 0.6) is 0 Å². The van der Waals surface area contributed by atoms with Gasteiger partial charge in [-0.2, -0.15) is 0 Å². The van der Waals surface area contributed by atoms with E-state index >= 15 is 0 Å². The number of aliphatic hydroxyl groups is 1. The molecule has 1 saturated heterocycles. The molecule has 100 valence electrons. The van der Waals surface area contributed by atoms with Crippen LogP contribution in [-0.2, 0) is 9.63 Å². The topological polar surface area (TPSA) is 62.1 Å². The van der Waals surface area contributed by atoms with E-state index in [0.717, 1.165) is 11.3 Å². The average Bonchev–Trinajstić information content (AvgIpc) is 3.08. The summed E-state index contributed by atoms with van der Waals surface area (Å²) < 4.78 is 0. The minimum atomic E-state index is -0.541. The minimum absolute atomic E-state index is 0.0776. The molecule has 3 rings (SSSR count). The molecule has 2 unspecified atom stereocenters. The van der Waals surface area contributed by atoms with Crippen LogP contribution in [0.2, 0.25) is 0 Å². The Morgan fingerprint density at radius 1 is 1.37 bits per heavy atom. The highest BCUT2D eigenvalue weighted by atomic mass is 16.6. The lowest BCUT2D eigenvalue weighted by Crippen LogP contribution is -2.38. The number of hydrogen-bond donors (Lipinski definition) is 1. The van der Waals surface area contributed by atoms with E-state index in [0.29, 0.717) is 25.9 Å². The fourth-order valence-corrected chi connectivity index (χ4v) is 2.46. The van der Waals surface area contributed by atoms with Gasteiger partial charge in [0.2, 0.25) is 6.10 Å². The van der Waals surface area contributed by atoms with Crippen molar-refractivity contribution >= 4 is 11.6 Å². The zero-order chi connectivity index (χ0) is 13.2. The van der Waals surface area contributed by atoms with Crippen molar-refractivity contribution < 1.29 is 14.7 Å². The normalized spacial score (nSPS) is 26.2. The quantitative estimate of drug-likeness (QED) is 0.854. The number of likely N-dealkylation sites (tertiary alicyclic amines) is 1. The van der Waals surface area contributed by atoms with Crippen molar-refractivity contribution in [1.29, 1.82) is 0 Å². The maximum absolute atomic E-state index is 12.2. The molecule has 0 saturated carbocycles. The predicted octanol–water partition coefficient (Wildman–Crippen LogP) is 0.773. The second-order valence-corrected chi connectivity index (χ2v) is 4.93. The van der Waals surface area contributed by atoms with E-state index in [1.807, 2.05) is 30.3 Å². The molecule has 0 spiro atoms. The number of β-amino-alcohol motifs (C(OH)–C–C–N with tert-alkyl or cyclic N) is 1.